The maximum Gasteiger partial charge on any atom is 0.233 e. The molecule has 0 aliphatic heterocycles. The Bertz CT molecular complexity index is 1300. The minimum atomic E-state index is 0.0381. The number of hydrogen-bond acceptors (Lipinski definition) is 4. The van der Waals surface area contributed by atoms with E-state index in [1.165, 1.54) is 16.9 Å². The molecule has 4 aromatic rings. The fourth-order valence-corrected chi connectivity index (χ4v) is 4.91. The summed E-state index contributed by atoms with van der Waals surface area (Å²) in [6.45, 7) is 10.2. The van der Waals surface area contributed by atoms with Crippen molar-refractivity contribution in [2.24, 2.45) is 7.05 Å². The Kier molecular flexibility index (Phi) is 6.47. The first kappa shape index (κ1) is 22.9. The van der Waals surface area contributed by atoms with Crippen LogP contribution >= 0.6 is 11.3 Å². The molecule has 4 rings (SSSR count). The third-order valence-corrected chi connectivity index (χ3v) is 6.96. The zero-order valence-electron chi connectivity index (χ0n) is 20.1. The Morgan fingerprint density at radius 2 is 1.70 bits per heavy atom. The third kappa shape index (κ3) is 4.76. The van der Waals surface area contributed by atoms with E-state index in [2.05, 4.69) is 61.4 Å². The lowest BCUT2D eigenvalue weighted by atomic mass is 10.1. The van der Waals surface area contributed by atoms with Crippen molar-refractivity contribution >= 4 is 28.1 Å². The number of hydrogen-bond donors (Lipinski definition) is 0. The van der Waals surface area contributed by atoms with Gasteiger partial charge < -0.3 is 0 Å². The van der Waals surface area contributed by atoms with Crippen LogP contribution in [0.5, 0.6) is 0 Å². The van der Waals surface area contributed by atoms with Gasteiger partial charge in [-0.2, -0.15) is 5.10 Å². The minimum absolute atomic E-state index is 0.0381. The van der Waals surface area contributed by atoms with Crippen LogP contribution in [0.25, 0.3) is 11.3 Å². The summed E-state index contributed by atoms with van der Waals surface area (Å²) in [6, 6.07) is 14.5. The van der Waals surface area contributed by atoms with E-state index in [1.807, 2.05) is 37.9 Å². The van der Waals surface area contributed by atoms with Crippen LogP contribution < -0.4 is 4.90 Å². The second-order valence-electron chi connectivity index (χ2n) is 8.67. The van der Waals surface area contributed by atoms with Crippen LogP contribution in [-0.4, -0.2) is 20.7 Å². The normalized spacial score (nSPS) is 11.1. The number of carbonyl (C=O) groups is 1. The van der Waals surface area contributed by atoms with E-state index in [-0.39, 0.29) is 5.91 Å². The molecule has 0 fully saturated rings. The predicted octanol–water partition coefficient (Wildman–Crippen LogP) is 6.38. The standard InChI is InChI=1S/C27H30N4OS/c1-17-8-11-22(12-9-17)24-16-33-27(28-24)31(25-15-18(2)7-10-19(25)3)26(32)14-13-23-20(4)29-30(6)21(23)5/h7-12,15-16H,13-14H2,1-6H3. The van der Waals surface area contributed by atoms with Crippen LogP contribution in [0.4, 0.5) is 10.8 Å². The van der Waals surface area contributed by atoms with E-state index < -0.39 is 0 Å². The topological polar surface area (TPSA) is 51.0 Å². The molecule has 5 nitrogen and oxygen atoms in total. The Balaban J connectivity index is 1.69. The molecule has 0 N–H and O–H groups in total. The van der Waals surface area contributed by atoms with E-state index in [4.69, 9.17) is 4.98 Å². The molecular weight excluding hydrogens is 428 g/mol. The molecular formula is C27H30N4OS. The Morgan fingerprint density at radius 3 is 2.36 bits per heavy atom. The highest BCUT2D eigenvalue weighted by Gasteiger charge is 2.24. The quantitative estimate of drug-likeness (QED) is 0.337. The molecule has 2 aromatic heterocycles. The summed E-state index contributed by atoms with van der Waals surface area (Å²) < 4.78 is 1.88. The number of carbonyl (C=O) groups excluding carboxylic acids is 1. The van der Waals surface area contributed by atoms with Gasteiger partial charge in [0.15, 0.2) is 5.13 Å². The van der Waals surface area contributed by atoms with E-state index in [0.717, 1.165) is 45.0 Å². The molecule has 0 saturated heterocycles. The van der Waals surface area contributed by atoms with Gasteiger partial charge in [-0.25, -0.2) is 4.98 Å². The van der Waals surface area contributed by atoms with Crippen LogP contribution in [0.2, 0.25) is 0 Å². The number of benzene rings is 2. The van der Waals surface area contributed by atoms with Crippen LogP contribution in [0.15, 0.2) is 47.8 Å². The van der Waals surface area contributed by atoms with Crippen molar-refractivity contribution in [3.05, 3.63) is 81.5 Å². The number of thiazole rings is 1. The minimum Gasteiger partial charge on any atom is -0.274 e. The average Bonchev–Trinajstić information content (AvgIpc) is 3.35. The fourth-order valence-electron chi connectivity index (χ4n) is 4.05. The summed E-state index contributed by atoms with van der Waals surface area (Å²) >= 11 is 1.50. The summed E-state index contributed by atoms with van der Waals surface area (Å²) in [5.41, 5.74) is 9.44. The van der Waals surface area contributed by atoms with Gasteiger partial charge in [-0.15, -0.1) is 11.3 Å². The maximum absolute atomic E-state index is 13.7. The van der Waals surface area contributed by atoms with Gasteiger partial charge in [0, 0.05) is 30.1 Å². The lowest BCUT2D eigenvalue weighted by molar-refractivity contribution is -0.117. The van der Waals surface area contributed by atoms with Crippen molar-refractivity contribution < 1.29 is 4.79 Å². The lowest BCUT2D eigenvalue weighted by Crippen LogP contribution is -2.27. The van der Waals surface area contributed by atoms with Crippen molar-refractivity contribution in [3.63, 3.8) is 0 Å². The highest BCUT2D eigenvalue weighted by Crippen LogP contribution is 2.35. The molecule has 170 valence electrons. The maximum atomic E-state index is 13.7. The molecule has 0 radical (unpaired) electrons. The molecule has 0 aliphatic carbocycles. The van der Waals surface area contributed by atoms with Crippen molar-refractivity contribution in [1.82, 2.24) is 14.8 Å². The van der Waals surface area contributed by atoms with Crippen molar-refractivity contribution in [1.29, 1.82) is 0 Å². The smallest absolute Gasteiger partial charge is 0.233 e. The molecule has 0 atom stereocenters. The molecule has 0 saturated carbocycles. The molecule has 2 heterocycles. The van der Waals surface area contributed by atoms with Gasteiger partial charge in [-0.3, -0.25) is 14.4 Å². The van der Waals surface area contributed by atoms with E-state index in [0.29, 0.717) is 18.0 Å². The number of aryl methyl sites for hydroxylation is 5. The molecule has 1 amide bonds. The number of anilines is 2. The Morgan fingerprint density at radius 1 is 1.00 bits per heavy atom. The molecule has 33 heavy (non-hydrogen) atoms. The van der Waals surface area contributed by atoms with Crippen LogP contribution in [0.1, 0.15) is 40.1 Å². The van der Waals surface area contributed by atoms with E-state index >= 15 is 0 Å². The largest absolute Gasteiger partial charge is 0.274 e. The average molecular weight is 459 g/mol. The monoisotopic (exact) mass is 458 g/mol. The molecule has 6 heteroatoms. The predicted molar refractivity (Wildman–Crippen MR) is 136 cm³/mol. The number of aromatic nitrogens is 3. The Labute approximate surface area is 199 Å². The van der Waals surface area contributed by atoms with Gasteiger partial charge in [-0.05, 0) is 63.8 Å². The van der Waals surface area contributed by atoms with Crippen LogP contribution in [0, 0.1) is 34.6 Å². The Hall–Kier alpha value is -3.25. The van der Waals surface area contributed by atoms with Gasteiger partial charge in [-0.1, -0.05) is 42.0 Å². The summed E-state index contributed by atoms with van der Waals surface area (Å²) in [6.07, 6.45) is 1.04. The van der Waals surface area contributed by atoms with Crippen LogP contribution in [-0.2, 0) is 18.3 Å². The lowest BCUT2D eigenvalue weighted by Gasteiger charge is -2.22. The van der Waals surface area contributed by atoms with Gasteiger partial charge >= 0.3 is 0 Å². The highest BCUT2D eigenvalue weighted by atomic mass is 32.1. The first-order valence-electron chi connectivity index (χ1n) is 11.2. The summed E-state index contributed by atoms with van der Waals surface area (Å²) in [5.74, 6) is 0.0381. The zero-order valence-corrected chi connectivity index (χ0v) is 21.0. The van der Waals surface area contributed by atoms with Gasteiger partial charge in [0.25, 0.3) is 0 Å². The molecule has 0 bridgehead atoms. The number of nitrogens with zero attached hydrogens (tertiary/aromatic N) is 4. The molecule has 0 unspecified atom stereocenters. The zero-order chi connectivity index (χ0) is 23.7. The first-order chi connectivity index (χ1) is 15.7. The summed E-state index contributed by atoms with van der Waals surface area (Å²) in [5, 5.41) is 7.23. The van der Waals surface area contributed by atoms with E-state index in [1.54, 1.807) is 4.90 Å². The summed E-state index contributed by atoms with van der Waals surface area (Å²) in [4.78, 5) is 20.3. The molecule has 0 aliphatic rings. The SMILES string of the molecule is Cc1ccc(-c2csc(N(C(=O)CCc3c(C)nn(C)c3C)c3cc(C)ccc3C)n2)cc1. The molecule has 0 spiro atoms. The third-order valence-electron chi connectivity index (χ3n) is 6.13. The molecule has 2 aromatic carbocycles. The van der Waals surface area contributed by atoms with Gasteiger partial charge in [0.2, 0.25) is 5.91 Å². The summed E-state index contributed by atoms with van der Waals surface area (Å²) in [7, 11) is 1.94. The van der Waals surface area contributed by atoms with Crippen molar-refractivity contribution in [2.75, 3.05) is 4.90 Å². The second kappa shape index (κ2) is 9.32. The van der Waals surface area contributed by atoms with Crippen molar-refractivity contribution in [2.45, 2.75) is 47.5 Å². The van der Waals surface area contributed by atoms with Gasteiger partial charge in [0.1, 0.15) is 0 Å². The van der Waals surface area contributed by atoms with E-state index in [9.17, 15) is 4.79 Å². The number of rotatable bonds is 6. The second-order valence-corrected chi connectivity index (χ2v) is 9.51. The fraction of sp³-hybridized carbons (Fsp3) is 0.296. The van der Waals surface area contributed by atoms with Crippen molar-refractivity contribution in [3.8, 4) is 11.3 Å². The number of amides is 1. The first-order valence-corrected chi connectivity index (χ1v) is 12.0. The highest BCUT2D eigenvalue weighted by molar-refractivity contribution is 7.14. The van der Waals surface area contributed by atoms with Crippen LogP contribution in [0.3, 0.4) is 0 Å². The van der Waals surface area contributed by atoms with Gasteiger partial charge in [0.05, 0.1) is 17.1 Å².